The Morgan fingerprint density at radius 3 is 2.72 bits per heavy atom. The number of ether oxygens (including phenoxy) is 2. The second-order valence-corrected chi connectivity index (χ2v) is 5.23. The number of carbonyl (C=O) groups excluding carboxylic acids is 1. The van der Waals surface area contributed by atoms with Gasteiger partial charge in [0.05, 0.1) is 13.2 Å². The maximum absolute atomic E-state index is 11.9. The van der Waals surface area contributed by atoms with E-state index in [0.717, 1.165) is 6.21 Å². The van der Waals surface area contributed by atoms with Crippen LogP contribution in [-0.2, 0) is 14.3 Å². The van der Waals surface area contributed by atoms with E-state index in [1.54, 1.807) is 6.08 Å². The van der Waals surface area contributed by atoms with E-state index >= 15 is 0 Å². The summed E-state index contributed by atoms with van der Waals surface area (Å²) in [5.74, 6) is -0.965. The third-order valence-corrected chi connectivity index (χ3v) is 4.07. The third-order valence-electron chi connectivity index (χ3n) is 4.07. The first-order valence-corrected chi connectivity index (χ1v) is 6.18. The average Bonchev–Trinajstić information content (AvgIpc) is 2.77. The zero-order valence-electron chi connectivity index (χ0n) is 10.6. The number of hydrogen-bond acceptors (Lipinski definition) is 3. The number of allylic oxidation sites excluding steroid dienone is 1. The largest absolute Gasteiger partial charge is 0.361 e. The number of Topliss-reactive ketones (excluding diaryl/α,β-unsaturated/α-hetero) is 1. The Labute approximate surface area is 106 Å². The SMILES string of the molecule is C=C[C@]1(C)CC2(CC[C@H]1C(=O)C=[N+]=[N-])OCCO2. The Bertz CT molecular complexity index is 408. The van der Waals surface area contributed by atoms with Gasteiger partial charge in [-0.05, 0) is 6.42 Å². The number of nitrogens with zero attached hydrogens (tertiary/aromatic N) is 2. The average molecular weight is 250 g/mol. The molecule has 5 heteroatoms. The summed E-state index contributed by atoms with van der Waals surface area (Å²) in [5.41, 5.74) is 8.09. The Morgan fingerprint density at radius 2 is 2.17 bits per heavy atom. The molecule has 0 N–H and O–H groups in total. The molecule has 1 spiro atoms. The molecule has 18 heavy (non-hydrogen) atoms. The van der Waals surface area contributed by atoms with Crippen LogP contribution in [0.4, 0.5) is 0 Å². The van der Waals surface area contributed by atoms with Gasteiger partial charge in [-0.2, -0.15) is 4.79 Å². The minimum atomic E-state index is -0.559. The topological polar surface area (TPSA) is 71.9 Å². The van der Waals surface area contributed by atoms with Gasteiger partial charge in [-0.3, -0.25) is 4.79 Å². The zero-order valence-corrected chi connectivity index (χ0v) is 10.6. The second kappa shape index (κ2) is 4.76. The molecule has 2 atom stereocenters. The van der Waals surface area contributed by atoms with Crippen molar-refractivity contribution >= 4 is 12.0 Å². The maximum Gasteiger partial charge on any atom is 0.323 e. The fourth-order valence-electron chi connectivity index (χ4n) is 3.06. The van der Waals surface area contributed by atoms with Crippen molar-refractivity contribution in [1.29, 1.82) is 0 Å². The normalized spacial score (nSPS) is 33.9. The van der Waals surface area contributed by atoms with Crippen LogP contribution in [0, 0.1) is 11.3 Å². The molecule has 5 nitrogen and oxygen atoms in total. The van der Waals surface area contributed by atoms with Crippen LogP contribution in [0.5, 0.6) is 0 Å². The van der Waals surface area contributed by atoms with E-state index < -0.39 is 11.2 Å². The first-order valence-electron chi connectivity index (χ1n) is 6.18. The minimum absolute atomic E-state index is 0.173. The van der Waals surface area contributed by atoms with Gasteiger partial charge < -0.3 is 15.0 Å². The van der Waals surface area contributed by atoms with Crippen molar-refractivity contribution in [3.05, 3.63) is 18.2 Å². The molecular weight excluding hydrogens is 232 g/mol. The van der Waals surface area contributed by atoms with Gasteiger partial charge in [-0.15, -0.1) is 6.58 Å². The summed E-state index contributed by atoms with van der Waals surface area (Å²) < 4.78 is 11.4. The summed E-state index contributed by atoms with van der Waals surface area (Å²) in [4.78, 5) is 14.8. The number of rotatable bonds is 3. The monoisotopic (exact) mass is 250 g/mol. The van der Waals surface area contributed by atoms with E-state index in [9.17, 15) is 4.79 Å². The van der Waals surface area contributed by atoms with Crippen molar-refractivity contribution in [3.63, 3.8) is 0 Å². The highest BCUT2D eigenvalue weighted by Crippen LogP contribution is 2.49. The molecule has 2 aliphatic rings. The van der Waals surface area contributed by atoms with Crippen LogP contribution in [0.1, 0.15) is 26.2 Å². The maximum atomic E-state index is 11.9. The van der Waals surface area contributed by atoms with Crippen molar-refractivity contribution in [2.45, 2.75) is 32.0 Å². The van der Waals surface area contributed by atoms with Crippen LogP contribution in [-0.4, -0.2) is 35.8 Å². The van der Waals surface area contributed by atoms with Gasteiger partial charge in [0.25, 0.3) is 0 Å². The van der Waals surface area contributed by atoms with Gasteiger partial charge in [0.2, 0.25) is 5.78 Å². The highest BCUT2D eigenvalue weighted by molar-refractivity contribution is 6.26. The summed E-state index contributed by atoms with van der Waals surface area (Å²) in [6, 6.07) is 0. The predicted octanol–water partition coefficient (Wildman–Crippen LogP) is 1.59. The van der Waals surface area contributed by atoms with E-state index in [1.807, 2.05) is 6.92 Å². The van der Waals surface area contributed by atoms with Gasteiger partial charge >= 0.3 is 6.21 Å². The van der Waals surface area contributed by atoms with Gasteiger partial charge in [0, 0.05) is 24.2 Å². The Kier molecular flexibility index (Phi) is 3.48. The number of carbonyl (C=O) groups is 1. The lowest BCUT2D eigenvalue weighted by Gasteiger charge is -2.45. The second-order valence-electron chi connectivity index (χ2n) is 5.23. The van der Waals surface area contributed by atoms with Gasteiger partial charge in [0.15, 0.2) is 5.79 Å². The molecule has 2 rings (SSSR count). The number of ketones is 1. The highest BCUT2D eigenvalue weighted by atomic mass is 16.7. The quantitative estimate of drug-likeness (QED) is 0.330. The van der Waals surface area contributed by atoms with Crippen molar-refractivity contribution in [2.24, 2.45) is 11.3 Å². The Morgan fingerprint density at radius 1 is 1.50 bits per heavy atom. The smallest absolute Gasteiger partial charge is 0.323 e. The first kappa shape index (κ1) is 13.1. The molecule has 1 saturated carbocycles. The van der Waals surface area contributed by atoms with E-state index in [-0.39, 0.29) is 11.7 Å². The summed E-state index contributed by atoms with van der Waals surface area (Å²) in [7, 11) is 0. The van der Waals surface area contributed by atoms with Crippen LogP contribution < -0.4 is 0 Å². The number of hydrogen-bond donors (Lipinski definition) is 0. The predicted molar refractivity (Wildman–Crippen MR) is 65.0 cm³/mol. The van der Waals surface area contributed by atoms with Crippen LogP contribution in [0.3, 0.4) is 0 Å². The van der Waals surface area contributed by atoms with Crippen molar-refractivity contribution in [1.82, 2.24) is 0 Å². The molecule has 1 aliphatic carbocycles. The lowest BCUT2D eigenvalue weighted by atomic mass is 9.64. The van der Waals surface area contributed by atoms with E-state index in [4.69, 9.17) is 15.0 Å². The molecule has 1 saturated heterocycles. The summed E-state index contributed by atoms with van der Waals surface area (Å²) >= 11 is 0. The molecule has 0 amide bonds. The lowest BCUT2D eigenvalue weighted by Crippen LogP contribution is -2.47. The minimum Gasteiger partial charge on any atom is -0.361 e. The molecule has 0 bridgehead atoms. The van der Waals surface area contributed by atoms with Gasteiger partial charge in [-0.1, -0.05) is 13.0 Å². The van der Waals surface area contributed by atoms with Crippen LogP contribution in [0.15, 0.2) is 12.7 Å². The molecule has 1 heterocycles. The van der Waals surface area contributed by atoms with Crippen LogP contribution >= 0.6 is 0 Å². The zero-order chi connectivity index (χ0) is 13.2. The van der Waals surface area contributed by atoms with E-state index in [0.29, 0.717) is 32.5 Å². The molecule has 0 aromatic heterocycles. The lowest BCUT2D eigenvalue weighted by molar-refractivity contribution is -0.203. The Balaban J connectivity index is 2.22. The fraction of sp³-hybridized carbons (Fsp3) is 0.692. The Hall–Kier alpha value is -1.29. The van der Waals surface area contributed by atoms with Crippen molar-refractivity contribution in [3.8, 4) is 0 Å². The molecule has 0 unspecified atom stereocenters. The molecule has 1 aliphatic heterocycles. The molecule has 0 radical (unpaired) electrons. The van der Waals surface area contributed by atoms with Crippen molar-refractivity contribution < 1.29 is 19.1 Å². The van der Waals surface area contributed by atoms with Crippen LogP contribution in [0.2, 0.25) is 0 Å². The molecule has 0 aromatic rings. The summed E-state index contributed by atoms with van der Waals surface area (Å²) in [6.45, 7) is 7.01. The standard InChI is InChI=1S/C13H18N2O3/c1-3-12(2)9-13(17-6-7-18-13)5-4-10(12)11(16)8-15-14/h3,8,10H,1,4-7,9H2,2H3/t10-,12+/m0/s1. The van der Waals surface area contributed by atoms with Gasteiger partial charge in [0.1, 0.15) is 0 Å². The summed E-state index contributed by atoms with van der Waals surface area (Å²) in [6.07, 6.45) is 4.70. The first-order chi connectivity index (χ1) is 8.55. The van der Waals surface area contributed by atoms with Crippen molar-refractivity contribution in [2.75, 3.05) is 13.2 Å². The van der Waals surface area contributed by atoms with Crippen LogP contribution in [0.25, 0.3) is 5.53 Å². The molecule has 0 aromatic carbocycles. The summed E-state index contributed by atoms with van der Waals surface area (Å²) in [5, 5.41) is 0. The molecule has 2 fully saturated rings. The van der Waals surface area contributed by atoms with Gasteiger partial charge in [-0.25, -0.2) is 0 Å². The third kappa shape index (κ3) is 2.17. The van der Waals surface area contributed by atoms with E-state index in [1.165, 1.54) is 0 Å². The molecule has 98 valence electrons. The van der Waals surface area contributed by atoms with E-state index in [2.05, 4.69) is 11.4 Å². The highest BCUT2D eigenvalue weighted by Gasteiger charge is 2.52. The fourth-order valence-corrected chi connectivity index (χ4v) is 3.06. The molecular formula is C13H18N2O3.